The van der Waals surface area contributed by atoms with E-state index in [2.05, 4.69) is 25.8 Å². The summed E-state index contributed by atoms with van der Waals surface area (Å²) in [6.45, 7) is 6.85. The molecule has 0 saturated heterocycles. The number of aliphatic hydroxyl groups is 1. The van der Waals surface area contributed by atoms with Crippen molar-refractivity contribution in [2.24, 2.45) is 5.41 Å². The van der Waals surface area contributed by atoms with Crippen LogP contribution in [0, 0.1) is 5.41 Å². The third-order valence-electron chi connectivity index (χ3n) is 6.42. The average molecular weight is 453 g/mol. The van der Waals surface area contributed by atoms with E-state index in [1.165, 1.54) is 0 Å². The molecule has 1 N–H and O–H groups in total. The zero-order valence-corrected chi connectivity index (χ0v) is 20.4. The van der Waals surface area contributed by atoms with Gasteiger partial charge in [-0.2, -0.15) is 0 Å². The molecule has 2 aromatic heterocycles. The average Bonchev–Trinajstić information content (AvgIpc) is 3.39. The lowest BCUT2D eigenvalue weighted by Crippen LogP contribution is -2.32. The van der Waals surface area contributed by atoms with Crippen molar-refractivity contribution in [3.63, 3.8) is 0 Å². The van der Waals surface area contributed by atoms with Gasteiger partial charge in [-0.3, -0.25) is 9.78 Å². The molecule has 2 aliphatic carbocycles. The van der Waals surface area contributed by atoms with Gasteiger partial charge >= 0.3 is 0 Å². The summed E-state index contributed by atoms with van der Waals surface area (Å²) >= 11 is 0. The van der Waals surface area contributed by atoms with Crippen LogP contribution in [0.25, 0.3) is 11.5 Å². The number of carbonyl (C=O) groups excluding carboxylic acids is 1. The minimum Gasteiger partial charge on any atom is -0.490 e. The highest BCUT2D eigenvalue weighted by Gasteiger charge is 2.32. The topological polar surface area (TPSA) is 88.4 Å². The standard InChI is InChI=1S/C26H36N4O3/c1-25(2,3)15-18(31)16-30(4)24-20-8-7-9-21(20)28-23(29-24)22-14-19(10-13-27-22)33-17-26(32)11-5-6-12-26/h10,13-14,32H,5-9,11-12,15-17H2,1-4H3. The summed E-state index contributed by atoms with van der Waals surface area (Å²) in [4.78, 5) is 28.7. The first-order chi connectivity index (χ1) is 15.6. The lowest BCUT2D eigenvalue weighted by atomic mass is 9.90. The Kier molecular flexibility index (Phi) is 6.71. The van der Waals surface area contributed by atoms with E-state index in [4.69, 9.17) is 14.7 Å². The van der Waals surface area contributed by atoms with Crippen molar-refractivity contribution in [3.8, 4) is 17.3 Å². The van der Waals surface area contributed by atoms with Crippen LogP contribution < -0.4 is 9.64 Å². The molecule has 33 heavy (non-hydrogen) atoms. The number of aromatic nitrogens is 3. The maximum atomic E-state index is 12.6. The molecule has 178 valence electrons. The van der Waals surface area contributed by atoms with Gasteiger partial charge < -0.3 is 14.7 Å². The number of aryl methyl sites for hydroxylation is 1. The number of ether oxygens (including phenoxy) is 1. The number of ketones is 1. The molecule has 0 atom stereocenters. The molecule has 0 bridgehead atoms. The molecular weight excluding hydrogens is 416 g/mol. The molecule has 4 rings (SSSR count). The Morgan fingerprint density at radius 3 is 2.67 bits per heavy atom. The van der Waals surface area contributed by atoms with E-state index in [1.54, 1.807) is 12.3 Å². The molecule has 7 nitrogen and oxygen atoms in total. The van der Waals surface area contributed by atoms with Crippen LogP contribution in [-0.4, -0.2) is 51.6 Å². The first-order valence-corrected chi connectivity index (χ1v) is 12.1. The molecule has 0 spiro atoms. The third-order valence-corrected chi connectivity index (χ3v) is 6.42. The molecule has 0 aliphatic heterocycles. The number of fused-ring (bicyclic) bond motifs is 1. The Hall–Kier alpha value is -2.54. The second-order valence-corrected chi connectivity index (χ2v) is 10.9. The van der Waals surface area contributed by atoms with E-state index in [-0.39, 0.29) is 17.8 Å². The number of nitrogens with zero attached hydrogens (tertiary/aromatic N) is 4. The summed E-state index contributed by atoms with van der Waals surface area (Å²) in [5.74, 6) is 2.23. The highest BCUT2D eigenvalue weighted by atomic mass is 16.5. The number of rotatable bonds is 8. The van der Waals surface area contributed by atoms with Crippen LogP contribution in [-0.2, 0) is 17.6 Å². The highest BCUT2D eigenvalue weighted by Crippen LogP contribution is 2.33. The molecule has 7 heteroatoms. The van der Waals surface area contributed by atoms with Gasteiger partial charge in [-0.25, -0.2) is 9.97 Å². The van der Waals surface area contributed by atoms with Crippen molar-refractivity contribution >= 4 is 11.6 Å². The summed E-state index contributed by atoms with van der Waals surface area (Å²) in [7, 11) is 1.93. The van der Waals surface area contributed by atoms with Crippen LogP contribution in [0.3, 0.4) is 0 Å². The second-order valence-electron chi connectivity index (χ2n) is 10.9. The monoisotopic (exact) mass is 452 g/mol. The van der Waals surface area contributed by atoms with Gasteiger partial charge in [0.1, 0.15) is 23.9 Å². The molecule has 2 aliphatic rings. The predicted octanol–water partition coefficient (Wildman–Crippen LogP) is 4.15. The predicted molar refractivity (Wildman–Crippen MR) is 129 cm³/mol. The highest BCUT2D eigenvalue weighted by molar-refractivity contribution is 5.84. The Morgan fingerprint density at radius 1 is 1.18 bits per heavy atom. The molecule has 0 radical (unpaired) electrons. The fourth-order valence-corrected chi connectivity index (χ4v) is 4.85. The minimum atomic E-state index is -0.733. The van der Waals surface area contributed by atoms with Crippen LogP contribution in [0.2, 0.25) is 0 Å². The molecule has 1 fully saturated rings. The number of Topliss-reactive ketones (excluding diaryl/α,β-unsaturated/α-hetero) is 1. The van der Waals surface area contributed by atoms with E-state index in [0.29, 0.717) is 30.2 Å². The first kappa shape index (κ1) is 23.6. The number of hydrogen-bond acceptors (Lipinski definition) is 7. The second kappa shape index (κ2) is 9.37. The lowest BCUT2D eigenvalue weighted by Gasteiger charge is -2.23. The number of hydrogen-bond donors (Lipinski definition) is 1. The van der Waals surface area contributed by atoms with E-state index < -0.39 is 5.60 Å². The van der Waals surface area contributed by atoms with Gasteiger partial charge in [0.2, 0.25) is 0 Å². The minimum absolute atomic E-state index is 0.0350. The van der Waals surface area contributed by atoms with Gasteiger partial charge in [0.05, 0.1) is 12.1 Å². The molecular formula is C26H36N4O3. The zero-order chi connectivity index (χ0) is 23.6. The Bertz CT molecular complexity index is 1010. The molecule has 2 aromatic rings. The van der Waals surface area contributed by atoms with Crippen LogP contribution in [0.15, 0.2) is 18.3 Å². The zero-order valence-electron chi connectivity index (χ0n) is 20.4. The van der Waals surface area contributed by atoms with Crippen molar-refractivity contribution in [1.29, 1.82) is 0 Å². The van der Waals surface area contributed by atoms with Crippen molar-refractivity contribution in [1.82, 2.24) is 15.0 Å². The van der Waals surface area contributed by atoms with Gasteiger partial charge in [-0.15, -0.1) is 0 Å². The van der Waals surface area contributed by atoms with E-state index in [9.17, 15) is 9.90 Å². The van der Waals surface area contributed by atoms with Gasteiger partial charge in [0.25, 0.3) is 0 Å². The first-order valence-electron chi connectivity index (χ1n) is 12.1. The summed E-state index contributed by atoms with van der Waals surface area (Å²) in [6, 6.07) is 3.64. The summed E-state index contributed by atoms with van der Waals surface area (Å²) in [5, 5.41) is 10.6. The number of anilines is 1. The van der Waals surface area contributed by atoms with E-state index in [1.807, 2.05) is 18.0 Å². The van der Waals surface area contributed by atoms with E-state index >= 15 is 0 Å². The van der Waals surface area contributed by atoms with Crippen LogP contribution in [0.4, 0.5) is 5.82 Å². The lowest BCUT2D eigenvalue weighted by molar-refractivity contribution is -0.119. The summed E-state index contributed by atoms with van der Waals surface area (Å²) in [5.41, 5.74) is 2.05. The largest absolute Gasteiger partial charge is 0.490 e. The van der Waals surface area contributed by atoms with Gasteiger partial charge in [-0.05, 0) is 43.6 Å². The van der Waals surface area contributed by atoms with Crippen molar-refractivity contribution < 1.29 is 14.6 Å². The Balaban J connectivity index is 1.55. The fourth-order valence-electron chi connectivity index (χ4n) is 4.85. The Labute approximate surface area is 196 Å². The quantitative estimate of drug-likeness (QED) is 0.643. The molecule has 1 saturated carbocycles. The fraction of sp³-hybridized carbons (Fsp3) is 0.615. The van der Waals surface area contributed by atoms with Gasteiger partial charge in [-0.1, -0.05) is 33.6 Å². The molecule has 0 aromatic carbocycles. The van der Waals surface area contributed by atoms with E-state index in [0.717, 1.165) is 62.0 Å². The molecule has 0 unspecified atom stereocenters. The smallest absolute Gasteiger partial charge is 0.180 e. The van der Waals surface area contributed by atoms with Gasteiger partial charge in [0, 0.05) is 37.0 Å². The summed E-state index contributed by atoms with van der Waals surface area (Å²) < 4.78 is 5.92. The van der Waals surface area contributed by atoms with Crippen LogP contribution >= 0.6 is 0 Å². The normalized spacial score (nSPS) is 17.1. The van der Waals surface area contributed by atoms with Crippen molar-refractivity contribution in [3.05, 3.63) is 29.6 Å². The van der Waals surface area contributed by atoms with Crippen molar-refractivity contribution in [2.75, 3.05) is 25.1 Å². The van der Waals surface area contributed by atoms with Gasteiger partial charge in [0.15, 0.2) is 11.6 Å². The maximum Gasteiger partial charge on any atom is 0.180 e. The summed E-state index contributed by atoms with van der Waals surface area (Å²) in [6.07, 6.45) is 8.74. The van der Waals surface area contributed by atoms with Crippen LogP contribution in [0.5, 0.6) is 5.75 Å². The molecule has 0 amide bonds. The SMILES string of the molecule is CN(CC(=O)CC(C)(C)C)c1nc(-c2cc(OCC3(O)CCCC3)ccn2)nc2c1CCC2. The number of likely N-dealkylation sites (N-methyl/N-ethyl adjacent to an activating group) is 1. The van der Waals surface area contributed by atoms with Crippen molar-refractivity contribution in [2.45, 2.75) is 77.7 Å². The third kappa shape index (κ3) is 5.88. The maximum absolute atomic E-state index is 12.6. The molecule has 2 heterocycles. The number of carbonyl (C=O) groups is 1. The van der Waals surface area contributed by atoms with Crippen LogP contribution in [0.1, 0.15) is 70.6 Å². The Morgan fingerprint density at radius 2 is 1.94 bits per heavy atom. The number of pyridine rings is 1.